The van der Waals surface area contributed by atoms with Gasteiger partial charge in [-0.2, -0.15) is 0 Å². The number of hydrogen-bond acceptors (Lipinski definition) is 4. The molecule has 116 valence electrons. The number of hydrogen-bond donors (Lipinski definition) is 0. The Morgan fingerprint density at radius 2 is 2.09 bits per heavy atom. The number of rotatable bonds is 2. The van der Waals surface area contributed by atoms with Crippen LogP contribution in [-0.4, -0.2) is 41.3 Å². The van der Waals surface area contributed by atoms with Gasteiger partial charge in [0.2, 0.25) is 5.91 Å². The van der Waals surface area contributed by atoms with Crippen LogP contribution in [0.2, 0.25) is 0 Å². The molecule has 1 aliphatic carbocycles. The monoisotopic (exact) mass is 300 g/mol. The molecular weight excluding hydrogens is 280 g/mol. The maximum Gasteiger partial charge on any atom is 0.228 e. The molecule has 0 N–H and O–H groups in total. The molecule has 2 aliphatic rings. The molecule has 0 unspecified atom stereocenters. The average molecular weight is 300 g/mol. The molecule has 0 radical (unpaired) electrons. The minimum absolute atomic E-state index is 0.0835. The van der Waals surface area contributed by atoms with Crippen LogP contribution >= 0.6 is 0 Å². The molecule has 5 heteroatoms. The van der Waals surface area contributed by atoms with Crippen molar-refractivity contribution < 1.29 is 14.1 Å². The summed E-state index contributed by atoms with van der Waals surface area (Å²) < 4.78 is 11.3. The fraction of sp³-hybridized carbons (Fsp3) is 0.529. The van der Waals surface area contributed by atoms with Crippen LogP contribution in [0.15, 0.2) is 28.8 Å². The Kier molecular flexibility index (Phi) is 3.37. The fourth-order valence-electron chi connectivity index (χ4n) is 3.70. The first-order chi connectivity index (χ1) is 10.8. The molecule has 2 aromatic rings. The minimum atomic E-state index is -0.0835. The Labute approximate surface area is 129 Å². The molecule has 1 spiro atoms. The van der Waals surface area contributed by atoms with Gasteiger partial charge in [-0.25, -0.2) is 0 Å². The van der Waals surface area contributed by atoms with Crippen LogP contribution in [0.3, 0.4) is 0 Å². The maximum atomic E-state index is 12.6. The van der Waals surface area contributed by atoms with Crippen molar-refractivity contribution in [2.75, 3.05) is 19.7 Å². The highest BCUT2D eigenvalue weighted by Crippen LogP contribution is 2.36. The van der Waals surface area contributed by atoms with E-state index in [1.807, 2.05) is 29.2 Å². The Morgan fingerprint density at radius 3 is 2.95 bits per heavy atom. The number of fused-ring (bicyclic) bond motifs is 1. The second kappa shape index (κ2) is 5.39. The van der Waals surface area contributed by atoms with Crippen molar-refractivity contribution >= 4 is 16.9 Å². The molecule has 4 rings (SSSR count). The quantitative estimate of drug-likeness (QED) is 0.855. The van der Waals surface area contributed by atoms with Crippen molar-refractivity contribution in [3.63, 3.8) is 0 Å². The van der Waals surface area contributed by atoms with Crippen LogP contribution in [0.1, 0.15) is 31.4 Å². The van der Waals surface area contributed by atoms with E-state index in [4.69, 9.17) is 9.26 Å². The first-order valence-electron chi connectivity index (χ1n) is 8.01. The van der Waals surface area contributed by atoms with Gasteiger partial charge in [0.05, 0.1) is 18.6 Å². The highest BCUT2D eigenvalue weighted by atomic mass is 16.5. The van der Waals surface area contributed by atoms with Crippen molar-refractivity contribution in [2.45, 2.75) is 37.7 Å². The summed E-state index contributed by atoms with van der Waals surface area (Å²) in [6, 6.07) is 7.67. The third-order valence-electron chi connectivity index (χ3n) is 4.89. The molecule has 1 aliphatic heterocycles. The van der Waals surface area contributed by atoms with Crippen molar-refractivity contribution in [1.29, 1.82) is 0 Å². The number of carbonyl (C=O) groups is 1. The van der Waals surface area contributed by atoms with Gasteiger partial charge in [0.15, 0.2) is 5.58 Å². The lowest BCUT2D eigenvalue weighted by molar-refractivity contribution is -0.149. The minimum Gasteiger partial charge on any atom is -0.371 e. The molecule has 1 aromatic carbocycles. The Balaban J connectivity index is 1.50. The van der Waals surface area contributed by atoms with Crippen molar-refractivity contribution in [2.24, 2.45) is 0 Å². The van der Waals surface area contributed by atoms with Crippen LogP contribution in [0.5, 0.6) is 0 Å². The summed E-state index contributed by atoms with van der Waals surface area (Å²) in [5.74, 6) is 0.119. The second-order valence-electron chi connectivity index (χ2n) is 6.36. The highest BCUT2D eigenvalue weighted by molar-refractivity contribution is 5.86. The summed E-state index contributed by atoms with van der Waals surface area (Å²) in [6.07, 6.45) is 4.85. The normalized spacial score (nSPS) is 20.8. The highest BCUT2D eigenvalue weighted by Gasteiger charge is 2.40. The van der Waals surface area contributed by atoms with E-state index in [0.29, 0.717) is 19.6 Å². The van der Waals surface area contributed by atoms with E-state index in [9.17, 15) is 4.79 Å². The summed E-state index contributed by atoms with van der Waals surface area (Å²) in [6.45, 7) is 2.04. The summed E-state index contributed by atoms with van der Waals surface area (Å²) in [7, 11) is 0. The van der Waals surface area contributed by atoms with E-state index >= 15 is 0 Å². The SMILES string of the molecule is O=C(Cc1noc2ccccc12)N1CCOC2(CCCC2)C1. The summed E-state index contributed by atoms with van der Waals surface area (Å²) in [5, 5.41) is 5.00. The molecule has 0 bridgehead atoms. The number of ether oxygens (including phenoxy) is 1. The molecule has 22 heavy (non-hydrogen) atoms. The summed E-state index contributed by atoms with van der Waals surface area (Å²) in [5.41, 5.74) is 1.38. The standard InChI is InChI=1S/C17H20N2O3/c20-16(11-14-13-5-1-2-6-15(13)22-18-14)19-9-10-21-17(12-19)7-3-4-8-17/h1-2,5-6H,3-4,7-12H2. The summed E-state index contributed by atoms with van der Waals surface area (Å²) in [4.78, 5) is 14.6. The van der Waals surface area contributed by atoms with E-state index < -0.39 is 0 Å². The Morgan fingerprint density at radius 1 is 1.27 bits per heavy atom. The van der Waals surface area contributed by atoms with Gasteiger partial charge in [0.25, 0.3) is 0 Å². The third kappa shape index (κ3) is 2.39. The summed E-state index contributed by atoms with van der Waals surface area (Å²) >= 11 is 0. The molecule has 0 atom stereocenters. The van der Waals surface area contributed by atoms with Gasteiger partial charge in [0, 0.05) is 18.5 Å². The van der Waals surface area contributed by atoms with Crippen molar-refractivity contribution in [1.82, 2.24) is 10.1 Å². The molecule has 1 saturated carbocycles. The molecule has 5 nitrogen and oxygen atoms in total. The predicted octanol–water partition coefficient (Wildman–Crippen LogP) is 2.54. The molecular formula is C17H20N2O3. The number of amides is 1. The van der Waals surface area contributed by atoms with Gasteiger partial charge >= 0.3 is 0 Å². The fourth-order valence-corrected chi connectivity index (χ4v) is 3.70. The molecule has 1 aromatic heterocycles. The van der Waals surface area contributed by atoms with E-state index in [1.165, 1.54) is 12.8 Å². The van der Waals surface area contributed by atoms with E-state index in [2.05, 4.69) is 5.16 Å². The molecule has 2 fully saturated rings. The van der Waals surface area contributed by atoms with Crippen molar-refractivity contribution in [3.8, 4) is 0 Å². The Hall–Kier alpha value is -1.88. The lowest BCUT2D eigenvalue weighted by Crippen LogP contribution is -2.52. The number of benzene rings is 1. The lowest BCUT2D eigenvalue weighted by atomic mass is 9.99. The second-order valence-corrected chi connectivity index (χ2v) is 6.36. The van der Waals surface area contributed by atoms with E-state index in [-0.39, 0.29) is 11.5 Å². The Bertz CT molecular complexity index is 688. The van der Waals surface area contributed by atoms with Crippen LogP contribution < -0.4 is 0 Å². The number of para-hydroxylation sites is 1. The van der Waals surface area contributed by atoms with E-state index in [1.54, 1.807) is 0 Å². The number of aromatic nitrogens is 1. The molecule has 2 heterocycles. The van der Waals surface area contributed by atoms with Crippen LogP contribution in [0.25, 0.3) is 11.0 Å². The third-order valence-corrected chi connectivity index (χ3v) is 4.89. The van der Waals surface area contributed by atoms with Crippen LogP contribution in [-0.2, 0) is 16.0 Å². The maximum absolute atomic E-state index is 12.6. The first kappa shape index (κ1) is 13.8. The molecule has 1 saturated heterocycles. The first-order valence-corrected chi connectivity index (χ1v) is 8.01. The van der Waals surface area contributed by atoms with Gasteiger partial charge in [-0.15, -0.1) is 0 Å². The van der Waals surface area contributed by atoms with E-state index in [0.717, 1.165) is 36.0 Å². The van der Waals surface area contributed by atoms with Crippen molar-refractivity contribution in [3.05, 3.63) is 30.0 Å². The van der Waals surface area contributed by atoms with Crippen LogP contribution in [0.4, 0.5) is 0 Å². The lowest BCUT2D eigenvalue weighted by Gasteiger charge is -2.40. The largest absolute Gasteiger partial charge is 0.371 e. The average Bonchev–Trinajstić information content (AvgIpc) is 3.15. The van der Waals surface area contributed by atoms with Gasteiger partial charge in [-0.3, -0.25) is 4.79 Å². The number of morpholine rings is 1. The number of nitrogens with zero attached hydrogens (tertiary/aromatic N) is 2. The zero-order chi connectivity index (χ0) is 15.0. The molecule has 1 amide bonds. The number of carbonyl (C=O) groups excluding carboxylic acids is 1. The topological polar surface area (TPSA) is 55.6 Å². The zero-order valence-corrected chi connectivity index (χ0v) is 12.6. The smallest absolute Gasteiger partial charge is 0.228 e. The van der Waals surface area contributed by atoms with Gasteiger partial charge < -0.3 is 14.2 Å². The predicted molar refractivity (Wildman–Crippen MR) is 81.4 cm³/mol. The zero-order valence-electron chi connectivity index (χ0n) is 12.6. The van der Waals surface area contributed by atoms with Gasteiger partial charge in [-0.05, 0) is 25.0 Å². The van der Waals surface area contributed by atoms with Gasteiger partial charge in [-0.1, -0.05) is 30.1 Å². The van der Waals surface area contributed by atoms with Crippen LogP contribution in [0, 0.1) is 0 Å². The van der Waals surface area contributed by atoms with Gasteiger partial charge in [0.1, 0.15) is 5.69 Å².